The molecule has 0 radical (unpaired) electrons. The van der Waals surface area contributed by atoms with E-state index in [1.54, 1.807) is 0 Å². The summed E-state index contributed by atoms with van der Waals surface area (Å²) in [5, 5.41) is 8.81. The third-order valence-corrected chi connectivity index (χ3v) is 1.80. The van der Waals surface area contributed by atoms with E-state index in [2.05, 4.69) is 40.7 Å². The van der Waals surface area contributed by atoms with Crippen LogP contribution in [0.2, 0.25) is 0 Å². The molecule has 0 N–H and O–H groups in total. The van der Waals surface area contributed by atoms with Crippen LogP contribution >= 0.6 is 0 Å². The maximum Gasteiger partial charge on any atom is 0.0658 e. The van der Waals surface area contributed by atoms with Crippen LogP contribution in [0.5, 0.6) is 0 Å². The molecule has 11 heavy (non-hydrogen) atoms. The first-order valence-electron chi connectivity index (χ1n) is 4.26. The summed E-state index contributed by atoms with van der Waals surface area (Å²) in [5.74, 6) is 0.703. The molecule has 0 amide bonds. The zero-order valence-electron chi connectivity index (χ0n) is 8.31. The fourth-order valence-corrected chi connectivity index (χ4v) is 1.09. The van der Waals surface area contributed by atoms with Gasteiger partial charge in [0.2, 0.25) is 0 Å². The van der Waals surface area contributed by atoms with Gasteiger partial charge in [0, 0.05) is 5.92 Å². The second-order valence-electron chi connectivity index (χ2n) is 4.74. The Kier molecular flexibility index (Phi) is 3.58. The first-order valence-corrected chi connectivity index (χ1v) is 4.26. The Morgan fingerprint density at radius 3 is 1.82 bits per heavy atom. The quantitative estimate of drug-likeness (QED) is 0.597. The van der Waals surface area contributed by atoms with Gasteiger partial charge in [-0.2, -0.15) is 5.26 Å². The van der Waals surface area contributed by atoms with E-state index in [4.69, 9.17) is 5.26 Å². The Bertz CT molecular complexity index is 145. The fraction of sp³-hybridized carbons (Fsp3) is 0.900. The summed E-state index contributed by atoms with van der Waals surface area (Å²) in [4.78, 5) is 0. The third kappa shape index (κ3) is 4.84. The van der Waals surface area contributed by atoms with Crippen LogP contribution in [0.25, 0.3) is 0 Å². The second kappa shape index (κ2) is 3.76. The Labute approximate surface area is 70.4 Å². The van der Waals surface area contributed by atoms with E-state index in [1.807, 2.05) is 0 Å². The van der Waals surface area contributed by atoms with Crippen molar-refractivity contribution >= 4 is 0 Å². The van der Waals surface area contributed by atoms with Gasteiger partial charge in [-0.3, -0.25) is 0 Å². The molecule has 0 fully saturated rings. The topological polar surface area (TPSA) is 23.8 Å². The first-order chi connectivity index (χ1) is 4.87. The van der Waals surface area contributed by atoms with Gasteiger partial charge >= 0.3 is 0 Å². The monoisotopic (exact) mass is 153 g/mol. The van der Waals surface area contributed by atoms with E-state index in [0.717, 1.165) is 6.42 Å². The standard InChI is InChI=1S/C10H19N/c1-8(2)9(7-11)6-10(3,4)5/h8-9H,6H2,1-5H3. The molecule has 0 bridgehead atoms. The van der Waals surface area contributed by atoms with Gasteiger partial charge in [-0.05, 0) is 17.8 Å². The van der Waals surface area contributed by atoms with Crippen LogP contribution in [0.4, 0.5) is 0 Å². The maximum absolute atomic E-state index is 8.81. The van der Waals surface area contributed by atoms with E-state index in [-0.39, 0.29) is 11.3 Å². The molecule has 0 aromatic carbocycles. The van der Waals surface area contributed by atoms with Crippen molar-refractivity contribution in [1.29, 1.82) is 5.26 Å². The Hall–Kier alpha value is -0.510. The second-order valence-corrected chi connectivity index (χ2v) is 4.74. The summed E-state index contributed by atoms with van der Waals surface area (Å²) < 4.78 is 0. The van der Waals surface area contributed by atoms with Crippen molar-refractivity contribution in [2.24, 2.45) is 17.3 Å². The third-order valence-electron chi connectivity index (χ3n) is 1.80. The molecule has 1 nitrogen and oxygen atoms in total. The van der Waals surface area contributed by atoms with Crippen molar-refractivity contribution in [3.63, 3.8) is 0 Å². The molecule has 0 aliphatic carbocycles. The molecule has 0 heterocycles. The minimum atomic E-state index is 0.218. The zero-order valence-corrected chi connectivity index (χ0v) is 8.31. The SMILES string of the molecule is CC(C)C(C#N)CC(C)(C)C. The molecule has 1 heteroatoms. The molecule has 0 aromatic heterocycles. The van der Waals surface area contributed by atoms with Gasteiger partial charge in [0.15, 0.2) is 0 Å². The summed E-state index contributed by atoms with van der Waals surface area (Å²) in [6.45, 7) is 10.8. The van der Waals surface area contributed by atoms with Crippen molar-refractivity contribution in [2.75, 3.05) is 0 Å². The van der Waals surface area contributed by atoms with Gasteiger partial charge in [-0.15, -0.1) is 0 Å². The number of rotatable bonds is 2. The largest absolute Gasteiger partial charge is 0.198 e. The lowest BCUT2D eigenvalue weighted by Crippen LogP contribution is -2.16. The Morgan fingerprint density at radius 2 is 1.73 bits per heavy atom. The highest BCUT2D eigenvalue weighted by Crippen LogP contribution is 2.27. The summed E-state index contributed by atoms with van der Waals surface area (Å²) in [6.07, 6.45) is 1.00. The molecule has 64 valence electrons. The Morgan fingerprint density at radius 1 is 1.27 bits per heavy atom. The molecule has 0 aliphatic heterocycles. The van der Waals surface area contributed by atoms with E-state index in [0.29, 0.717) is 5.92 Å². The van der Waals surface area contributed by atoms with Crippen molar-refractivity contribution < 1.29 is 0 Å². The van der Waals surface area contributed by atoms with Crippen LogP contribution in [0.3, 0.4) is 0 Å². The number of nitrogens with zero attached hydrogens (tertiary/aromatic N) is 1. The molecule has 0 aromatic rings. The summed E-state index contributed by atoms with van der Waals surface area (Å²) in [6, 6.07) is 2.36. The molecule has 0 saturated heterocycles. The highest BCUT2D eigenvalue weighted by atomic mass is 14.3. The summed E-state index contributed by atoms with van der Waals surface area (Å²) >= 11 is 0. The molecule has 0 rings (SSSR count). The smallest absolute Gasteiger partial charge is 0.0658 e. The molecular formula is C10H19N. The predicted molar refractivity (Wildman–Crippen MR) is 48.0 cm³/mol. The number of nitriles is 1. The van der Waals surface area contributed by atoms with E-state index < -0.39 is 0 Å². The highest BCUT2D eigenvalue weighted by Gasteiger charge is 2.20. The van der Waals surface area contributed by atoms with Gasteiger partial charge in [0.05, 0.1) is 6.07 Å². The van der Waals surface area contributed by atoms with Gasteiger partial charge in [-0.1, -0.05) is 34.6 Å². The fourth-order valence-electron chi connectivity index (χ4n) is 1.09. The molecule has 0 aliphatic rings. The highest BCUT2D eigenvalue weighted by molar-refractivity contribution is 4.87. The van der Waals surface area contributed by atoms with Crippen LogP contribution in [-0.4, -0.2) is 0 Å². The van der Waals surface area contributed by atoms with Gasteiger partial charge in [0.1, 0.15) is 0 Å². The van der Waals surface area contributed by atoms with Gasteiger partial charge < -0.3 is 0 Å². The van der Waals surface area contributed by atoms with Gasteiger partial charge in [0.25, 0.3) is 0 Å². The average molecular weight is 153 g/mol. The summed E-state index contributed by atoms with van der Waals surface area (Å²) in [5.41, 5.74) is 0.282. The van der Waals surface area contributed by atoms with E-state index >= 15 is 0 Å². The van der Waals surface area contributed by atoms with Crippen LogP contribution in [0.15, 0.2) is 0 Å². The van der Waals surface area contributed by atoms with Gasteiger partial charge in [-0.25, -0.2) is 0 Å². The molecule has 1 unspecified atom stereocenters. The van der Waals surface area contributed by atoms with Crippen LogP contribution in [0, 0.1) is 28.6 Å². The number of hydrogen-bond acceptors (Lipinski definition) is 1. The van der Waals surface area contributed by atoms with Crippen molar-refractivity contribution in [1.82, 2.24) is 0 Å². The molecular weight excluding hydrogens is 134 g/mol. The predicted octanol–water partition coefficient (Wildman–Crippen LogP) is 3.22. The van der Waals surface area contributed by atoms with Crippen molar-refractivity contribution in [3.8, 4) is 6.07 Å². The molecule has 0 spiro atoms. The molecule has 1 atom stereocenters. The summed E-state index contributed by atoms with van der Waals surface area (Å²) in [7, 11) is 0. The normalized spacial score (nSPS) is 14.6. The average Bonchev–Trinajstić information content (AvgIpc) is 1.80. The van der Waals surface area contributed by atoms with Crippen molar-refractivity contribution in [3.05, 3.63) is 0 Å². The maximum atomic E-state index is 8.81. The van der Waals surface area contributed by atoms with Crippen LogP contribution < -0.4 is 0 Å². The minimum absolute atomic E-state index is 0.218. The Balaban J connectivity index is 4.02. The lowest BCUT2D eigenvalue weighted by Gasteiger charge is -2.23. The lowest BCUT2D eigenvalue weighted by molar-refractivity contribution is 0.288. The van der Waals surface area contributed by atoms with Crippen molar-refractivity contribution in [2.45, 2.75) is 41.0 Å². The van der Waals surface area contributed by atoms with E-state index in [9.17, 15) is 0 Å². The van der Waals surface area contributed by atoms with Crippen LogP contribution in [0.1, 0.15) is 41.0 Å². The van der Waals surface area contributed by atoms with E-state index in [1.165, 1.54) is 0 Å². The minimum Gasteiger partial charge on any atom is -0.198 e. The van der Waals surface area contributed by atoms with Crippen LogP contribution in [-0.2, 0) is 0 Å². The first kappa shape index (κ1) is 10.5. The lowest BCUT2D eigenvalue weighted by atomic mass is 9.80. The zero-order chi connectivity index (χ0) is 9.07. The number of hydrogen-bond donors (Lipinski definition) is 0. The molecule has 0 saturated carbocycles.